The molecule has 0 amide bonds. The van der Waals surface area contributed by atoms with Crippen LogP contribution in [0.5, 0.6) is 0 Å². The highest BCUT2D eigenvalue weighted by Gasteiger charge is 2.67. The first-order valence-electron chi connectivity index (χ1n) is 11.9. The van der Waals surface area contributed by atoms with Gasteiger partial charge in [-0.25, -0.2) is 0 Å². The highest BCUT2D eigenvalue weighted by atomic mass is 14.7. The van der Waals surface area contributed by atoms with Gasteiger partial charge in [0.15, 0.2) is 0 Å². The highest BCUT2D eigenvalue weighted by Crippen LogP contribution is 2.78. The van der Waals surface area contributed by atoms with E-state index in [1.165, 1.54) is 25.7 Å². The summed E-state index contributed by atoms with van der Waals surface area (Å²) in [6, 6.07) is 0. The summed E-state index contributed by atoms with van der Waals surface area (Å²) in [4.78, 5) is 0. The van der Waals surface area contributed by atoms with Crippen LogP contribution >= 0.6 is 0 Å². The summed E-state index contributed by atoms with van der Waals surface area (Å²) in [5, 5.41) is 0. The van der Waals surface area contributed by atoms with E-state index in [4.69, 9.17) is 0 Å². The quantitative estimate of drug-likeness (QED) is 0.407. The van der Waals surface area contributed by atoms with Gasteiger partial charge in [0.2, 0.25) is 0 Å². The number of rotatable bonds is 8. The smallest absolute Gasteiger partial charge is 0.0279 e. The first-order chi connectivity index (χ1) is 11.9. The van der Waals surface area contributed by atoms with Gasteiger partial charge in [-0.05, 0) is 110 Å². The molecular weight excluding hydrogens is 312 g/mol. The SMILES string of the molecule is CC(C)CC12CC3(CC(C)C)CC(CC(C)C)(C1)CC(CC(C)C)(C2)C3. The van der Waals surface area contributed by atoms with Crippen LogP contribution in [0.3, 0.4) is 0 Å². The maximum absolute atomic E-state index is 2.48. The fourth-order valence-electron chi connectivity index (χ4n) is 9.85. The van der Waals surface area contributed by atoms with Crippen LogP contribution in [0.15, 0.2) is 0 Å². The van der Waals surface area contributed by atoms with E-state index in [1.54, 1.807) is 38.5 Å². The van der Waals surface area contributed by atoms with Crippen LogP contribution in [0.2, 0.25) is 0 Å². The second-order valence-electron chi connectivity index (χ2n) is 13.5. The summed E-state index contributed by atoms with van der Waals surface area (Å²) in [6.07, 6.45) is 15.4. The molecular formula is C26H48. The van der Waals surface area contributed by atoms with Crippen molar-refractivity contribution < 1.29 is 0 Å². The zero-order valence-corrected chi connectivity index (χ0v) is 19.4. The van der Waals surface area contributed by atoms with Crippen molar-refractivity contribution in [2.75, 3.05) is 0 Å². The lowest BCUT2D eigenvalue weighted by Crippen LogP contribution is -2.62. The minimum absolute atomic E-state index is 0.668. The predicted molar refractivity (Wildman–Crippen MR) is 115 cm³/mol. The summed E-state index contributed by atoms with van der Waals surface area (Å²) in [7, 11) is 0. The van der Waals surface area contributed by atoms with E-state index in [9.17, 15) is 0 Å². The van der Waals surface area contributed by atoms with Crippen molar-refractivity contribution in [3.63, 3.8) is 0 Å². The van der Waals surface area contributed by atoms with E-state index in [-0.39, 0.29) is 0 Å². The summed E-state index contributed by atoms with van der Waals surface area (Å²) >= 11 is 0. The Labute approximate surface area is 165 Å². The van der Waals surface area contributed by atoms with Crippen LogP contribution in [-0.4, -0.2) is 0 Å². The van der Waals surface area contributed by atoms with E-state index in [1.807, 2.05) is 0 Å². The molecule has 0 saturated heterocycles. The van der Waals surface area contributed by atoms with Crippen LogP contribution in [-0.2, 0) is 0 Å². The van der Waals surface area contributed by atoms with E-state index >= 15 is 0 Å². The molecule has 0 radical (unpaired) electrons. The average Bonchev–Trinajstić information content (AvgIpc) is 2.28. The molecule has 0 aromatic heterocycles. The highest BCUT2D eigenvalue weighted by molar-refractivity contribution is 5.17. The Bertz CT molecular complexity index is 367. The summed E-state index contributed by atoms with van der Waals surface area (Å²) in [5.41, 5.74) is 2.67. The predicted octanol–water partition coefficient (Wildman–Crippen LogP) is 8.50. The van der Waals surface area contributed by atoms with Crippen molar-refractivity contribution in [3.8, 4) is 0 Å². The average molecular weight is 361 g/mol. The molecule has 0 atom stereocenters. The molecule has 4 aliphatic rings. The van der Waals surface area contributed by atoms with Crippen molar-refractivity contribution in [1.82, 2.24) is 0 Å². The third-order valence-electron chi connectivity index (χ3n) is 7.87. The van der Waals surface area contributed by atoms with Crippen LogP contribution < -0.4 is 0 Å². The molecule has 4 bridgehead atoms. The van der Waals surface area contributed by atoms with Gasteiger partial charge in [-0.1, -0.05) is 55.4 Å². The largest absolute Gasteiger partial charge is 0.0628 e. The molecule has 0 N–H and O–H groups in total. The van der Waals surface area contributed by atoms with Gasteiger partial charge in [0.05, 0.1) is 0 Å². The second kappa shape index (κ2) is 6.81. The zero-order valence-electron chi connectivity index (χ0n) is 19.4. The Morgan fingerprint density at radius 3 is 0.654 bits per heavy atom. The van der Waals surface area contributed by atoms with Crippen LogP contribution in [0.25, 0.3) is 0 Å². The van der Waals surface area contributed by atoms with E-state index in [0.29, 0.717) is 21.7 Å². The zero-order chi connectivity index (χ0) is 19.4. The van der Waals surface area contributed by atoms with Crippen molar-refractivity contribution in [2.45, 2.75) is 120 Å². The molecule has 0 heteroatoms. The van der Waals surface area contributed by atoms with Crippen molar-refractivity contribution in [2.24, 2.45) is 45.3 Å². The Kier molecular flexibility index (Phi) is 5.43. The van der Waals surface area contributed by atoms with Gasteiger partial charge in [-0.15, -0.1) is 0 Å². The Hall–Kier alpha value is 0. The summed E-state index contributed by atoms with van der Waals surface area (Å²) in [6.45, 7) is 19.9. The normalized spacial score (nSPS) is 42.0. The molecule has 0 aromatic carbocycles. The molecule has 0 aliphatic heterocycles. The first-order valence-corrected chi connectivity index (χ1v) is 11.9. The minimum Gasteiger partial charge on any atom is -0.0628 e. The summed E-state index contributed by atoms with van der Waals surface area (Å²) in [5.74, 6) is 3.42. The number of hydrogen-bond donors (Lipinski definition) is 0. The standard InChI is InChI=1S/C26H48/c1-19(2)9-23-13-24(10-20(3)4)16-25(14-23,11-21(5)6)18-26(15-23,17-24)12-22(7)8/h19-22H,9-18H2,1-8H3. The fraction of sp³-hybridized carbons (Fsp3) is 1.00. The maximum atomic E-state index is 2.48. The van der Waals surface area contributed by atoms with E-state index in [0.717, 1.165) is 23.7 Å². The molecule has 152 valence electrons. The van der Waals surface area contributed by atoms with Gasteiger partial charge in [-0.2, -0.15) is 0 Å². The van der Waals surface area contributed by atoms with Gasteiger partial charge < -0.3 is 0 Å². The maximum Gasteiger partial charge on any atom is -0.0279 e. The Morgan fingerprint density at radius 2 is 0.538 bits per heavy atom. The third-order valence-corrected chi connectivity index (χ3v) is 7.87. The molecule has 26 heavy (non-hydrogen) atoms. The van der Waals surface area contributed by atoms with E-state index in [2.05, 4.69) is 55.4 Å². The van der Waals surface area contributed by atoms with Crippen LogP contribution in [0, 0.1) is 45.3 Å². The van der Waals surface area contributed by atoms with Crippen LogP contribution in [0.4, 0.5) is 0 Å². The molecule has 0 nitrogen and oxygen atoms in total. The fourth-order valence-corrected chi connectivity index (χ4v) is 9.85. The third kappa shape index (κ3) is 4.05. The topological polar surface area (TPSA) is 0 Å². The van der Waals surface area contributed by atoms with Gasteiger partial charge in [-0.3, -0.25) is 0 Å². The van der Waals surface area contributed by atoms with E-state index < -0.39 is 0 Å². The Morgan fingerprint density at radius 1 is 0.385 bits per heavy atom. The lowest BCUT2D eigenvalue weighted by molar-refractivity contribution is -0.220. The molecule has 0 unspecified atom stereocenters. The van der Waals surface area contributed by atoms with Gasteiger partial charge in [0, 0.05) is 0 Å². The summed E-state index contributed by atoms with van der Waals surface area (Å²) < 4.78 is 0. The molecule has 4 fully saturated rings. The monoisotopic (exact) mass is 360 g/mol. The first kappa shape index (κ1) is 20.7. The van der Waals surface area contributed by atoms with Gasteiger partial charge >= 0.3 is 0 Å². The lowest BCUT2D eigenvalue weighted by Gasteiger charge is -2.72. The minimum atomic E-state index is 0.668. The molecule has 4 aliphatic carbocycles. The molecule has 0 spiro atoms. The van der Waals surface area contributed by atoms with Crippen molar-refractivity contribution in [1.29, 1.82) is 0 Å². The molecule has 4 rings (SSSR count). The molecule has 0 aromatic rings. The molecule has 0 heterocycles. The van der Waals surface area contributed by atoms with Crippen LogP contribution in [0.1, 0.15) is 120 Å². The second-order valence-corrected chi connectivity index (χ2v) is 13.5. The lowest BCUT2D eigenvalue weighted by atomic mass is 9.32. The van der Waals surface area contributed by atoms with Crippen molar-refractivity contribution >= 4 is 0 Å². The van der Waals surface area contributed by atoms with Gasteiger partial charge in [0.25, 0.3) is 0 Å². The van der Waals surface area contributed by atoms with Gasteiger partial charge in [0.1, 0.15) is 0 Å². The molecule has 4 saturated carbocycles. The Balaban J connectivity index is 2.04. The number of hydrogen-bond acceptors (Lipinski definition) is 0. The van der Waals surface area contributed by atoms with Crippen molar-refractivity contribution in [3.05, 3.63) is 0 Å².